The molecule has 1 saturated carbocycles. The highest BCUT2D eigenvalue weighted by Gasteiger charge is 2.50. The van der Waals surface area contributed by atoms with Crippen LogP contribution in [0.1, 0.15) is 42.0 Å². The molecule has 1 aromatic heterocycles. The van der Waals surface area contributed by atoms with Crippen molar-refractivity contribution < 1.29 is 14.7 Å². The second kappa shape index (κ2) is 4.63. The lowest BCUT2D eigenvalue weighted by Gasteiger charge is -2.25. The molecule has 1 aliphatic heterocycles. The van der Waals surface area contributed by atoms with Crippen molar-refractivity contribution in [2.45, 2.75) is 44.7 Å². The summed E-state index contributed by atoms with van der Waals surface area (Å²) >= 11 is 1.65. The summed E-state index contributed by atoms with van der Waals surface area (Å²) in [5.41, 5.74) is 0. The van der Waals surface area contributed by atoms with E-state index < -0.39 is 11.9 Å². The number of hydrogen-bond donors (Lipinski definition) is 1. The van der Waals surface area contributed by atoms with Crippen LogP contribution in [0.15, 0.2) is 12.1 Å². The number of carboxylic acid groups (broad SMARTS) is 1. The summed E-state index contributed by atoms with van der Waals surface area (Å²) < 4.78 is 0. The Kier molecular flexibility index (Phi) is 3.09. The Morgan fingerprint density at radius 2 is 2.21 bits per heavy atom. The van der Waals surface area contributed by atoms with Gasteiger partial charge in [0.1, 0.15) is 0 Å². The number of aryl methyl sites for hydroxylation is 1. The summed E-state index contributed by atoms with van der Waals surface area (Å²) in [5.74, 6) is -1.43. The number of nitrogens with zero attached hydrogens (tertiary/aromatic N) is 1. The van der Waals surface area contributed by atoms with Crippen molar-refractivity contribution in [3.8, 4) is 0 Å². The van der Waals surface area contributed by atoms with Crippen LogP contribution in [0.25, 0.3) is 0 Å². The lowest BCUT2D eigenvalue weighted by atomic mass is 9.99. The minimum atomic E-state index is -0.854. The molecule has 2 fully saturated rings. The van der Waals surface area contributed by atoms with Crippen molar-refractivity contribution in [1.29, 1.82) is 0 Å². The van der Waals surface area contributed by atoms with Crippen LogP contribution in [-0.2, 0) is 16.0 Å². The van der Waals surface area contributed by atoms with E-state index >= 15 is 0 Å². The Balaban J connectivity index is 1.96. The van der Waals surface area contributed by atoms with Crippen molar-refractivity contribution in [2.75, 3.05) is 0 Å². The maximum absolute atomic E-state index is 12.1. The van der Waals surface area contributed by atoms with Gasteiger partial charge in [-0.25, -0.2) is 0 Å². The monoisotopic (exact) mass is 279 g/mol. The first-order chi connectivity index (χ1) is 9.11. The molecule has 1 amide bonds. The molecule has 2 aliphatic rings. The fourth-order valence-electron chi connectivity index (χ4n) is 2.84. The highest BCUT2D eigenvalue weighted by Crippen LogP contribution is 2.46. The highest BCUT2D eigenvalue weighted by molar-refractivity contribution is 7.12. The van der Waals surface area contributed by atoms with Crippen LogP contribution in [0.3, 0.4) is 0 Å². The second-order valence-electron chi connectivity index (χ2n) is 5.28. The fourth-order valence-corrected chi connectivity index (χ4v) is 3.96. The number of amides is 1. The Hall–Kier alpha value is -1.36. The third kappa shape index (κ3) is 2.16. The molecule has 2 heterocycles. The van der Waals surface area contributed by atoms with Gasteiger partial charge in [0, 0.05) is 22.2 Å². The van der Waals surface area contributed by atoms with E-state index in [1.54, 1.807) is 11.3 Å². The van der Waals surface area contributed by atoms with Gasteiger partial charge < -0.3 is 10.0 Å². The van der Waals surface area contributed by atoms with Crippen molar-refractivity contribution in [2.24, 2.45) is 5.92 Å². The van der Waals surface area contributed by atoms with E-state index in [1.807, 2.05) is 17.0 Å². The molecule has 0 radical (unpaired) electrons. The molecule has 2 atom stereocenters. The van der Waals surface area contributed by atoms with Gasteiger partial charge in [0.25, 0.3) is 0 Å². The zero-order chi connectivity index (χ0) is 13.6. The van der Waals surface area contributed by atoms with Crippen LogP contribution in [0.2, 0.25) is 0 Å². The number of carbonyl (C=O) groups is 2. The third-order valence-corrected chi connectivity index (χ3v) is 5.24. The molecule has 5 heteroatoms. The van der Waals surface area contributed by atoms with Crippen LogP contribution in [0.5, 0.6) is 0 Å². The van der Waals surface area contributed by atoms with E-state index in [4.69, 9.17) is 0 Å². The molecule has 102 valence electrons. The van der Waals surface area contributed by atoms with Crippen LogP contribution in [0, 0.1) is 5.92 Å². The maximum Gasteiger partial charge on any atom is 0.309 e. The van der Waals surface area contributed by atoms with E-state index in [0.717, 1.165) is 24.1 Å². The Labute approximate surface area is 116 Å². The molecule has 0 aromatic carbocycles. The first-order valence-electron chi connectivity index (χ1n) is 6.74. The molecular weight excluding hydrogens is 262 g/mol. The maximum atomic E-state index is 12.1. The molecule has 1 aromatic rings. The van der Waals surface area contributed by atoms with Crippen LogP contribution in [-0.4, -0.2) is 27.9 Å². The van der Waals surface area contributed by atoms with Crippen molar-refractivity contribution in [3.05, 3.63) is 21.9 Å². The van der Waals surface area contributed by atoms with Crippen molar-refractivity contribution in [1.82, 2.24) is 4.90 Å². The SMILES string of the molecule is CCc1ccc(C2C(C(=O)O)CC(=O)N2C2CC2)s1. The van der Waals surface area contributed by atoms with Crippen LogP contribution in [0.4, 0.5) is 0 Å². The standard InChI is InChI=1S/C14H17NO3S/c1-2-9-5-6-11(19-9)13-10(14(17)18)7-12(16)15(13)8-3-4-8/h5-6,8,10,13H,2-4,7H2,1H3,(H,17,18). The number of rotatable bonds is 4. The summed E-state index contributed by atoms with van der Waals surface area (Å²) in [7, 11) is 0. The van der Waals surface area contributed by atoms with E-state index in [1.165, 1.54) is 4.88 Å². The topological polar surface area (TPSA) is 57.6 Å². The number of thiophene rings is 1. The van der Waals surface area contributed by atoms with Gasteiger partial charge in [0.15, 0.2) is 0 Å². The minimum Gasteiger partial charge on any atom is -0.481 e. The highest BCUT2D eigenvalue weighted by atomic mass is 32.1. The largest absolute Gasteiger partial charge is 0.481 e. The number of hydrogen-bond acceptors (Lipinski definition) is 3. The van der Waals surface area contributed by atoms with E-state index in [9.17, 15) is 14.7 Å². The summed E-state index contributed by atoms with van der Waals surface area (Å²) in [6, 6.07) is 4.07. The van der Waals surface area contributed by atoms with Gasteiger partial charge in [-0.3, -0.25) is 9.59 Å². The number of carbonyl (C=O) groups excluding carboxylic acids is 1. The molecule has 0 bridgehead atoms. The first-order valence-corrected chi connectivity index (χ1v) is 7.56. The molecule has 3 rings (SSSR count). The molecule has 1 aliphatic carbocycles. The lowest BCUT2D eigenvalue weighted by molar-refractivity contribution is -0.142. The third-order valence-electron chi connectivity index (χ3n) is 3.94. The molecular formula is C14H17NO3S. The quantitative estimate of drug-likeness (QED) is 0.921. The van der Waals surface area contributed by atoms with Gasteiger partial charge >= 0.3 is 5.97 Å². The second-order valence-corrected chi connectivity index (χ2v) is 6.48. The van der Waals surface area contributed by atoms with Gasteiger partial charge in [0.2, 0.25) is 5.91 Å². The number of carboxylic acids is 1. The number of likely N-dealkylation sites (tertiary alicyclic amines) is 1. The average Bonchev–Trinajstić information content (AvgIpc) is 2.99. The van der Waals surface area contributed by atoms with E-state index in [0.29, 0.717) is 0 Å². The van der Waals surface area contributed by atoms with Gasteiger partial charge in [-0.15, -0.1) is 11.3 Å². The smallest absolute Gasteiger partial charge is 0.309 e. The molecule has 4 nitrogen and oxygen atoms in total. The summed E-state index contributed by atoms with van der Waals surface area (Å²) in [4.78, 5) is 27.6. The Bertz CT molecular complexity index is 521. The molecule has 1 saturated heterocycles. The summed E-state index contributed by atoms with van der Waals surface area (Å²) in [5, 5.41) is 9.37. The summed E-state index contributed by atoms with van der Waals surface area (Å²) in [6.45, 7) is 2.09. The minimum absolute atomic E-state index is 0.00588. The van der Waals surface area contributed by atoms with E-state index in [2.05, 4.69) is 6.92 Å². The fraction of sp³-hybridized carbons (Fsp3) is 0.571. The van der Waals surface area contributed by atoms with E-state index in [-0.39, 0.29) is 24.4 Å². The van der Waals surface area contributed by atoms with Crippen molar-refractivity contribution in [3.63, 3.8) is 0 Å². The molecule has 1 N–H and O–H groups in total. The summed E-state index contributed by atoms with van der Waals surface area (Å²) in [6.07, 6.45) is 3.13. The van der Waals surface area contributed by atoms with Crippen LogP contribution < -0.4 is 0 Å². The zero-order valence-corrected chi connectivity index (χ0v) is 11.7. The number of aliphatic carboxylic acids is 1. The van der Waals surface area contributed by atoms with Crippen LogP contribution >= 0.6 is 11.3 Å². The zero-order valence-electron chi connectivity index (χ0n) is 10.8. The molecule has 19 heavy (non-hydrogen) atoms. The Morgan fingerprint density at radius 3 is 2.74 bits per heavy atom. The molecule has 0 spiro atoms. The Morgan fingerprint density at radius 1 is 1.47 bits per heavy atom. The van der Waals surface area contributed by atoms with Gasteiger partial charge in [-0.05, 0) is 31.4 Å². The van der Waals surface area contributed by atoms with Gasteiger partial charge in [-0.1, -0.05) is 6.92 Å². The lowest BCUT2D eigenvalue weighted by Crippen LogP contribution is -2.31. The van der Waals surface area contributed by atoms with Gasteiger partial charge in [-0.2, -0.15) is 0 Å². The van der Waals surface area contributed by atoms with Crippen molar-refractivity contribution >= 4 is 23.2 Å². The molecule has 2 unspecified atom stereocenters. The average molecular weight is 279 g/mol. The first kappa shape index (κ1) is 12.7. The normalized spacial score (nSPS) is 27.0. The predicted molar refractivity (Wildman–Crippen MR) is 72.0 cm³/mol. The predicted octanol–water partition coefficient (Wildman–Crippen LogP) is 2.45. The van der Waals surface area contributed by atoms with Gasteiger partial charge in [0.05, 0.1) is 12.0 Å².